The van der Waals surface area contributed by atoms with Crippen molar-refractivity contribution in [1.82, 2.24) is 4.90 Å². The third-order valence-electron chi connectivity index (χ3n) is 4.24. The Morgan fingerprint density at radius 3 is 2.80 bits per heavy atom. The van der Waals surface area contributed by atoms with Crippen LogP contribution in [-0.4, -0.2) is 29.8 Å². The van der Waals surface area contributed by atoms with Crippen molar-refractivity contribution in [3.63, 3.8) is 0 Å². The minimum atomic E-state index is -0.212. The zero-order valence-corrected chi connectivity index (χ0v) is 15.4. The van der Waals surface area contributed by atoms with Gasteiger partial charge in [-0.3, -0.25) is 14.5 Å². The molecule has 0 aromatic heterocycles. The number of hydrogen-bond donors (Lipinski definition) is 2. The van der Waals surface area contributed by atoms with E-state index < -0.39 is 0 Å². The number of benzene rings is 1. The maximum Gasteiger partial charge on any atom is 0.248 e. The number of carbonyl (C=O) groups excluding carboxylic acids is 2. The molecule has 0 saturated carbocycles. The Morgan fingerprint density at radius 2 is 2.12 bits per heavy atom. The van der Waals surface area contributed by atoms with Gasteiger partial charge in [0.1, 0.15) is 0 Å². The molecule has 0 spiro atoms. The average Bonchev–Trinajstić information content (AvgIpc) is 2.53. The Hall–Kier alpha value is -2.14. The molecule has 1 fully saturated rings. The first-order chi connectivity index (χ1) is 11.7. The molecule has 25 heavy (non-hydrogen) atoms. The summed E-state index contributed by atoms with van der Waals surface area (Å²) in [6, 6.07) is 7.84. The number of piperidine rings is 1. The number of nitrogens with one attached hydrogen (secondary N) is 1. The molecule has 5 nitrogen and oxygen atoms in total. The van der Waals surface area contributed by atoms with Gasteiger partial charge in [-0.15, -0.1) is 0 Å². The number of carbonyl (C=O) groups is 2. The van der Waals surface area contributed by atoms with Crippen molar-refractivity contribution in [3.05, 3.63) is 42.0 Å². The highest BCUT2D eigenvalue weighted by Gasteiger charge is 2.23. The van der Waals surface area contributed by atoms with Gasteiger partial charge in [-0.25, -0.2) is 0 Å². The number of likely N-dealkylation sites (tertiary alicyclic amines) is 1. The number of anilines is 1. The molecular formula is C20H29N3O2. The number of nitrogens with two attached hydrogens (primary N) is 1. The highest BCUT2D eigenvalue weighted by Crippen LogP contribution is 2.20. The second kappa shape index (κ2) is 8.30. The predicted molar refractivity (Wildman–Crippen MR) is 101 cm³/mol. The smallest absolute Gasteiger partial charge is 0.248 e. The van der Waals surface area contributed by atoms with Gasteiger partial charge in [0, 0.05) is 18.8 Å². The maximum atomic E-state index is 12.0. The van der Waals surface area contributed by atoms with E-state index in [1.54, 1.807) is 6.08 Å². The summed E-state index contributed by atoms with van der Waals surface area (Å²) in [4.78, 5) is 25.7. The van der Waals surface area contributed by atoms with Crippen LogP contribution in [0.2, 0.25) is 0 Å². The van der Waals surface area contributed by atoms with Crippen LogP contribution in [0, 0.1) is 11.3 Å². The Bertz CT molecular complexity index is 647. The van der Waals surface area contributed by atoms with Crippen LogP contribution < -0.4 is 11.1 Å². The first kappa shape index (κ1) is 19.2. The van der Waals surface area contributed by atoms with E-state index in [0.717, 1.165) is 37.2 Å². The Labute approximate surface area is 150 Å². The van der Waals surface area contributed by atoms with Crippen LogP contribution in [0.25, 0.3) is 0 Å². The highest BCUT2D eigenvalue weighted by atomic mass is 16.1. The van der Waals surface area contributed by atoms with E-state index in [0.29, 0.717) is 6.54 Å². The van der Waals surface area contributed by atoms with Crippen LogP contribution in [-0.2, 0) is 16.1 Å². The van der Waals surface area contributed by atoms with Crippen LogP contribution in [0.1, 0.15) is 39.2 Å². The molecule has 1 aromatic carbocycles. The second-order valence-electron chi connectivity index (χ2n) is 7.87. The zero-order valence-electron chi connectivity index (χ0n) is 15.4. The molecule has 1 aliphatic heterocycles. The molecule has 1 aromatic rings. The van der Waals surface area contributed by atoms with Gasteiger partial charge >= 0.3 is 0 Å². The van der Waals surface area contributed by atoms with E-state index in [1.165, 1.54) is 0 Å². The third kappa shape index (κ3) is 6.70. The van der Waals surface area contributed by atoms with Gasteiger partial charge in [-0.2, -0.15) is 0 Å². The first-order valence-electron chi connectivity index (χ1n) is 8.84. The van der Waals surface area contributed by atoms with Gasteiger partial charge in [0.15, 0.2) is 0 Å². The normalized spacial score (nSPS) is 19.1. The third-order valence-corrected chi connectivity index (χ3v) is 4.24. The van der Waals surface area contributed by atoms with E-state index in [-0.39, 0.29) is 23.1 Å². The largest absolute Gasteiger partial charge is 0.369 e. The van der Waals surface area contributed by atoms with Crippen molar-refractivity contribution in [2.45, 2.75) is 40.2 Å². The van der Waals surface area contributed by atoms with E-state index >= 15 is 0 Å². The summed E-state index contributed by atoms with van der Waals surface area (Å²) in [6.45, 7) is 8.58. The molecule has 0 radical (unpaired) electrons. The first-order valence-corrected chi connectivity index (χ1v) is 8.84. The molecule has 0 aliphatic carbocycles. The van der Waals surface area contributed by atoms with E-state index in [4.69, 9.17) is 5.73 Å². The molecule has 2 rings (SSSR count). The van der Waals surface area contributed by atoms with Gasteiger partial charge in [-0.05, 0) is 48.6 Å². The topological polar surface area (TPSA) is 75.4 Å². The lowest BCUT2D eigenvalue weighted by Gasteiger charge is -2.31. The summed E-state index contributed by atoms with van der Waals surface area (Å²) in [7, 11) is 0. The van der Waals surface area contributed by atoms with Crippen molar-refractivity contribution >= 4 is 17.5 Å². The maximum absolute atomic E-state index is 12.0. The quantitative estimate of drug-likeness (QED) is 0.807. The lowest BCUT2D eigenvalue weighted by Crippen LogP contribution is -2.40. The van der Waals surface area contributed by atoms with Gasteiger partial charge < -0.3 is 11.1 Å². The number of allylic oxidation sites excluding steroid dienone is 1. The summed E-state index contributed by atoms with van der Waals surface area (Å²) in [5.41, 5.74) is 7.31. The molecule has 1 saturated heterocycles. The van der Waals surface area contributed by atoms with Crippen molar-refractivity contribution in [2.24, 2.45) is 17.1 Å². The van der Waals surface area contributed by atoms with Gasteiger partial charge in [0.25, 0.3) is 0 Å². The number of rotatable bonds is 5. The van der Waals surface area contributed by atoms with Crippen LogP contribution in [0.5, 0.6) is 0 Å². The summed E-state index contributed by atoms with van der Waals surface area (Å²) >= 11 is 0. The molecule has 0 bridgehead atoms. The molecule has 1 atom stereocenters. The zero-order chi connectivity index (χ0) is 18.4. The van der Waals surface area contributed by atoms with Crippen molar-refractivity contribution < 1.29 is 9.59 Å². The lowest BCUT2D eigenvalue weighted by atomic mass is 9.96. The minimum Gasteiger partial charge on any atom is -0.369 e. The fourth-order valence-corrected chi connectivity index (χ4v) is 2.95. The van der Waals surface area contributed by atoms with Crippen LogP contribution in [0.4, 0.5) is 5.69 Å². The minimum absolute atomic E-state index is 0.0234. The number of primary amides is 1. The molecular weight excluding hydrogens is 314 g/mol. The fraction of sp³-hybridized carbons (Fsp3) is 0.500. The predicted octanol–water partition coefficient (Wildman–Crippen LogP) is 2.92. The van der Waals surface area contributed by atoms with Crippen LogP contribution in [0.3, 0.4) is 0 Å². The Morgan fingerprint density at radius 1 is 1.36 bits per heavy atom. The highest BCUT2D eigenvalue weighted by molar-refractivity contribution is 5.99. The number of nitrogens with zero attached hydrogens (tertiary/aromatic N) is 1. The summed E-state index contributed by atoms with van der Waals surface area (Å²) in [6.07, 6.45) is 5.34. The van der Waals surface area contributed by atoms with Gasteiger partial charge in [0.2, 0.25) is 11.8 Å². The molecule has 2 amide bonds. The Kier molecular flexibility index (Phi) is 6.37. The number of amides is 2. The average molecular weight is 343 g/mol. The molecule has 5 heteroatoms. The van der Waals surface area contributed by atoms with E-state index in [1.807, 2.05) is 30.3 Å². The number of hydrogen-bond acceptors (Lipinski definition) is 3. The lowest BCUT2D eigenvalue weighted by molar-refractivity contribution is -0.123. The second-order valence-corrected chi connectivity index (χ2v) is 7.87. The van der Waals surface area contributed by atoms with Crippen molar-refractivity contribution in [2.75, 3.05) is 18.4 Å². The Balaban J connectivity index is 1.95. The molecule has 136 valence electrons. The summed E-state index contributed by atoms with van der Waals surface area (Å²) in [5, 5.41) is 2.90. The van der Waals surface area contributed by atoms with E-state index in [2.05, 4.69) is 31.0 Å². The summed E-state index contributed by atoms with van der Waals surface area (Å²) < 4.78 is 0. The van der Waals surface area contributed by atoms with Gasteiger partial charge in [0.05, 0.1) is 5.92 Å². The van der Waals surface area contributed by atoms with Crippen molar-refractivity contribution in [3.8, 4) is 0 Å². The fourth-order valence-electron chi connectivity index (χ4n) is 2.95. The molecule has 1 unspecified atom stereocenters. The molecule has 3 N–H and O–H groups in total. The van der Waals surface area contributed by atoms with Crippen LogP contribution in [0.15, 0.2) is 36.4 Å². The molecule has 1 aliphatic rings. The van der Waals surface area contributed by atoms with E-state index in [9.17, 15) is 9.59 Å². The summed E-state index contributed by atoms with van der Waals surface area (Å²) in [5.74, 6) is -0.394. The standard InChI is InChI=1S/C20H29N3O2/c1-20(2,3)10-9-18(24)22-17-8-4-6-15(12-17)13-23-11-5-7-16(14-23)19(21)25/h4,6,8-10,12,16H,5,7,11,13-14H2,1-3H3,(H2,21,25)(H,22,24)/b10-9+. The van der Waals surface area contributed by atoms with Gasteiger partial charge in [-0.1, -0.05) is 39.0 Å². The van der Waals surface area contributed by atoms with Crippen molar-refractivity contribution in [1.29, 1.82) is 0 Å². The molecule has 1 heterocycles. The SMILES string of the molecule is CC(C)(C)/C=C/C(=O)Nc1cccc(CN2CCCC(C(N)=O)C2)c1. The van der Waals surface area contributed by atoms with Crippen LogP contribution >= 0.6 is 0 Å². The monoisotopic (exact) mass is 343 g/mol.